The van der Waals surface area contributed by atoms with Crippen molar-refractivity contribution in [1.29, 1.82) is 5.26 Å². The molecule has 1 aromatic carbocycles. The van der Waals surface area contributed by atoms with E-state index in [0.717, 1.165) is 5.56 Å². The molecule has 1 saturated heterocycles. The Morgan fingerprint density at radius 3 is 2.71 bits per heavy atom. The van der Waals surface area contributed by atoms with Gasteiger partial charge in [0.2, 0.25) is 0 Å². The molecule has 0 aliphatic carbocycles. The second-order valence-corrected chi connectivity index (χ2v) is 5.28. The summed E-state index contributed by atoms with van der Waals surface area (Å²) in [7, 11) is 0. The SMILES string of the molecule is CSC1CC(O)C(C#N)C(c2ccccc2)N1. The van der Waals surface area contributed by atoms with Gasteiger partial charge in [0, 0.05) is 0 Å². The van der Waals surface area contributed by atoms with E-state index in [1.165, 1.54) is 0 Å². The third-order valence-corrected chi connectivity index (χ3v) is 4.08. The van der Waals surface area contributed by atoms with E-state index in [-0.39, 0.29) is 17.3 Å². The summed E-state index contributed by atoms with van der Waals surface area (Å²) in [6, 6.07) is 12.0. The molecule has 0 spiro atoms. The van der Waals surface area contributed by atoms with Gasteiger partial charge in [0.05, 0.1) is 29.5 Å². The monoisotopic (exact) mass is 248 g/mol. The number of benzene rings is 1. The molecule has 4 heteroatoms. The third-order valence-electron chi connectivity index (χ3n) is 3.19. The van der Waals surface area contributed by atoms with Crippen LogP contribution in [0.2, 0.25) is 0 Å². The highest BCUT2D eigenvalue weighted by molar-refractivity contribution is 7.99. The fourth-order valence-electron chi connectivity index (χ4n) is 2.25. The molecule has 4 unspecified atom stereocenters. The molecule has 0 saturated carbocycles. The van der Waals surface area contributed by atoms with Crippen LogP contribution in [0.15, 0.2) is 30.3 Å². The largest absolute Gasteiger partial charge is 0.392 e. The molecule has 1 heterocycles. The molecule has 1 aliphatic heterocycles. The maximum atomic E-state index is 10.0. The molecule has 1 fully saturated rings. The molecular formula is C13H16N2OS. The number of hydrogen-bond acceptors (Lipinski definition) is 4. The van der Waals surface area contributed by atoms with E-state index in [9.17, 15) is 10.4 Å². The number of rotatable bonds is 2. The van der Waals surface area contributed by atoms with Crippen LogP contribution in [0, 0.1) is 17.2 Å². The van der Waals surface area contributed by atoms with Crippen molar-refractivity contribution in [3.8, 4) is 6.07 Å². The van der Waals surface area contributed by atoms with Gasteiger partial charge in [-0.3, -0.25) is 5.32 Å². The van der Waals surface area contributed by atoms with E-state index in [4.69, 9.17) is 0 Å². The van der Waals surface area contributed by atoms with E-state index in [1.54, 1.807) is 11.8 Å². The smallest absolute Gasteiger partial charge is 0.0918 e. The first-order valence-electron chi connectivity index (χ1n) is 5.67. The number of aliphatic hydroxyl groups is 1. The zero-order valence-electron chi connectivity index (χ0n) is 9.71. The van der Waals surface area contributed by atoms with Crippen molar-refractivity contribution >= 4 is 11.8 Å². The standard InChI is InChI=1S/C13H16N2OS/c1-17-12-7-11(16)10(8-14)13(15-12)9-5-3-2-4-6-9/h2-6,10-13,15-16H,7H2,1H3. The molecule has 0 bridgehead atoms. The lowest BCUT2D eigenvalue weighted by Gasteiger charge is -2.37. The normalized spacial score (nSPS) is 33.0. The number of hydrogen-bond donors (Lipinski definition) is 2. The van der Waals surface area contributed by atoms with E-state index < -0.39 is 6.10 Å². The predicted octanol–water partition coefficient (Wildman–Crippen LogP) is 1.91. The Balaban J connectivity index is 2.26. The van der Waals surface area contributed by atoms with Gasteiger partial charge in [-0.25, -0.2) is 0 Å². The fourth-order valence-corrected chi connectivity index (χ4v) is 2.92. The summed E-state index contributed by atoms with van der Waals surface area (Å²) < 4.78 is 0. The Morgan fingerprint density at radius 1 is 1.41 bits per heavy atom. The van der Waals surface area contributed by atoms with E-state index >= 15 is 0 Å². The molecule has 17 heavy (non-hydrogen) atoms. The summed E-state index contributed by atoms with van der Waals surface area (Å²) in [5.74, 6) is -0.374. The maximum Gasteiger partial charge on any atom is 0.0918 e. The second-order valence-electron chi connectivity index (χ2n) is 4.24. The first-order valence-corrected chi connectivity index (χ1v) is 6.96. The van der Waals surface area contributed by atoms with Gasteiger partial charge in [0.25, 0.3) is 0 Å². The van der Waals surface area contributed by atoms with E-state index in [0.29, 0.717) is 6.42 Å². The minimum atomic E-state index is -0.552. The van der Waals surface area contributed by atoms with Crippen molar-refractivity contribution in [2.24, 2.45) is 5.92 Å². The van der Waals surface area contributed by atoms with Crippen LogP contribution in [-0.2, 0) is 0 Å². The van der Waals surface area contributed by atoms with Gasteiger partial charge >= 0.3 is 0 Å². The molecule has 4 atom stereocenters. The Hall–Kier alpha value is -1.02. The van der Waals surface area contributed by atoms with Gasteiger partial charge in [-0.2, -0.15) is 5.26 Å². The Bertz CT molecular complexity index is 404. The molecule has 2 N–H and O–H groups in total. The Labute approximate surface area is 106 Å². The zero-order valence-corrected chi connectivity index (χ0v) is 10.5. The summed E-state index contributed by atoms with van der Waals surface area (Å²) in [6.07, 6.45) is 2.09. The lowest BCUT2D eigenvalue weighted by molar-refractivity contribution is 0.0735. The van der Waals surface area contributed by atoms with Gasteiger partial charge < -0.3 is 5.11 Å². The van der Waals surface area contributed by atoms with Gasteiger partial charge in [-0.15, -0.1) is 11.8 Å². The summed E-state index contributed by atoms with van der Waals surface area (Å²) in [4.78, 5) is 0. The highest BCUT2D eigenvalue weighted by atomic mass is 32.2. The number of thioether (sulfide) groups is 1. The Morgan fingerprint density at radius 2 is 2.12 bits per heavy atom. The van der Waals surface area contributed by atoms with Crippen molar-refractivity contribution in [1.82, 2.24) is 5.32 Å². The predicted molar refractivity (Wildman–Crippen MR) is 69.3 cm³/mol. The summed E-state index contributed by atoms with van der Waals surface area (Å²) in [6.45, 7) is 0. The number of nitrogens with one attached hydrogen (secondary N) is 1. The first-order chi connectivity index (χ1) is 8.26. The average Bonchev–Trinajstić information content (AvgIpc) is 2.38. The van der Waals surface area contributed by atoms with E-state index in [2.05, 4.69) is 11.4 Å². The minimum absolute atomic E-state index is 0.0811. The minimum Gasteiger partial charge on any atom is -0.392 e. The van der Waals surface area contributed by atoms with Crippen LogP contribution in [0.4, 0.5) is 0 Å². The molecule has 1 aromatic rings. The zero-order chi connectivity index (χ0) is 12.3. The van der Waals surface area contributed by atoms with Crippen molar-refractivity contribution in [2.45, 2.75) is 23.9 Å². The van der Waals surface area contributed by atoms with Gasteiger partial charge in [-0.05, 0) is 18.2 Å². The van der Waals surface area contributed by atoms with Crippen LogP contribution < -0.4 is 5.32 Å². The molecule has 0 radical (unpaired) electrons. The van der Waals surface area contributed by atoms with Gasteiger partial charge in [0.15, 0.2) is 0 Å². The van der Waals surface area contributed by atoms with Crippen molar-refractivity contribution in [3.63, 3.8) is 0 Å². The van der Waals surface area contributed by atoms with E-state index in [1.807, 2.05) is 36.6 Å². The van der Waals surface area contributed by atoms with Crippen LogP contribution in [0.3, 0.4) is 0 Å². The van der Waals surface area contributed by atoms with Gasteiger partial charge in [-0.1, -0.05) is 30.3 Å². The summed E-state index contributed by atoms with van der Waals surface area (Å²) in [5.41, 5.74) is 1.07. The molecule has 90 valence electrons. The van der Waals surface area contributed by atoms with Crippen LogP contribution >= 0.6 is 11.8 Å². The maximum absolute atomic E-state index is 10.0. The fraction of sp³-hybridized carbons (Fsp3) is 0.462. The second kappa shape index (κ2) is 5.54. The number of piperidine rings is 1. The van der Waals surface area contributed by atoms with Crippen LogP contribution in [0.1, 0.15) is 18.0 Å². The molecule has 0 amide bonds. The average molecular weight is 248 g/mol. The summed E-state index contributed by atoms with van der Waals surface area (Å²) >= 11 is 1.68. The van der Waals surface area contributed by atoms with Crippen LogP contribution in [0.25, 0.3) is 0 Å². The Kier molecular flexibility index (Phi) is 4.06. The lowest BCUT2D eigenvalue weighted by atomic mass is 9.85. The highest BCUT2D eigenvalue weighted by Crippen LogP contribution is 2.33. The quantitative estimate of drug-likeness (QED) is 0.839. The van der Waals surface area contributed by atoms with Gasteiger partial charge in [0.1, 0.15) is 0 Å². The molecule has 1 aliphatic rings. The topological polar surface area (TPSA) is 56.0 Å². The van der Waals surface area contributed by atoms with Crippen molar-refractivity contribution < 1.29 is 5.11 Å². The van der Waals surface area contributed by atoms with Crippen LogP contribution in [-0.4, -0.2) is 22.8 Å². The number of nitriles is 1. The van der Waals surface area contributed by atoms with Crippen LogP contribution in [0.5, 0.6) is 0 Å². The highest BCUT2D eigenvalue weighted by Gasteiger charge is 2.37. The molecule has 0 aromatic heterocycles. The lowest BCUT2D eigenvalue weighted by Crippen LogP contribution is -2.46. The number of nitrogens with zero attached hydrogens (tertiary/aromatic N) is 1. The molecule has 2 rings (SSSR count). The third kappa shape index (κ3) is 2.63. The van der Waals surface area contributed by atoms with Crippen molar-refractivity contribution in [3.05, 3.63) is 35.9 Å². The van der Waals surface area contributed by atoms with Crippen molar-refractivity contribution in [2.75, 3.05) is 6.26 Å². The molecule has 3 nitrogen and oxygen atoms in total. The molecular weight excluding hydrogens is 232 g/mol. The first kappa shape index (κ1) is 12.4. The summed E-state index contributed by atoms with van der Waals surface area (Å²) in [5, 5.41) is 22.9. The number of aliphatic hydroxyl groups excluding tert-OH is 1.